The number of nitrogens with zero attached hydrogens (tertiary/aromatic N) is 1. The second-order valence-corrected chi connectivity index (χ2v) is 5.43. The molecule has 4 heteroatoms. The first-order valence-electron chi connectivity index (χ1n) is 7.54. The van der Waals surface area contributed by atoms with E-state index in [1.54, 1.807) is 30.0 Å². The highest BCUT2D eigenvalue weighted by Crippen LogP contribution is 2.17. The SMILES string of the molecule is COc1ccc2c(=O)n(CCOc3ccc(C)cc3)ccc2c1. The number of aromatic nitrogens is 1. The maximum Gasteiger partial charge on any atom is 0.258 e. The summed E-state index contributed by atoms with van der Waals surface area (Å²) in [5.74, 6) is 1.56. The maximum absolute atomic E-state index is 12.5. The Balaban J connectivity index is 1.74. The zero-order chi connectivity index (χ0) is 16.2. The summed E-state index contributed by atoms with van der Waals surface area (Å²) < 4.78 is 12.5. The molecule has 0 amide bonds. The Hall–Kier alpha value is -2.75. The summed E-state index contributed by atoms with van der Waals surface area (Å²) in [6.07, 6.45) is 1.79. The first-order valence-corrected chi connectivity index (χ1v) is 7.54. The Labute approximate surface area is 134 Å². The highest BCUT2D eigenvalue weighted by molar-refractivity contribution is 5.82. The first-order chi connectivity index (χ1) is 11.2. The molecule has 118 valence electrons. The van der Waals surface area contributed by atoms with E-state index in [9.17, 15) is 4.79 Å². The van der Waals surface area contributed by atoms with Gasteiger partial charge in [0, 0.05) is 11.6 Å². The molecule has 4 nitrogen and oxygen atoms in total. The van der Waals surface area contributed by atoms with Crippen molar-refractivity contribution in [3.8, 4) is 11.5 Å². The molecule has 0 saturated heterocycles. The van der Waals surface area contributed by atoms with Crippen molar-refractivity contribution < 1.29 is 9.47 Å². The summed E-state index contributed by atoms with van der Waals surface area (Å²) in [7, 11) is 1.62. The molecule has 0 radical (unpaired) electrons. The number of rotatable bonds is 5. The number of aryl methyl sites for hydroxylation is 1. The fraction of sp³-hybridized carbons (Fsp3) is 0.211. The van der Waals surface area contributed by atoms with Crippen molar-refractivity contribution in [2.24, 2.45) is 0 Å². The molecular formula is C19H19NO3. The average Bonchev–Trinajstić information content (AvgIpc) is 2.58. The van der Waals surface area contributed by atoms with Gasteiger partial charge in [0.2, 0.25) is 0 Å². The van der Waals surface area contributed by atoms with Gasteiger partial charge >= 0.3 is 0 Å². The average molecular weight is 309 g/mol. The van der Waals surface area contributed by atoms with Crippen LogP contribution < -0.4 is 15.0 Å². The Morgan fingerprint density at radius 1 is 1.00 bits per heavy atom. The van der Waals surface area contributed by atoms with E-state index < -0.39 is 0 Å². The number of hydrogen-bond acceptors (Lipinski definition) is 3. The van der Waals surface area contributed by atoms with Gasteiger partial charge in [-0.25, -0.2) is 0 Å². The molecule has 0 aliphatic heterocycles. The molecule has 1 heterocycles. The number of methoxy groups -OCH3 is 1. The zero-order valence-electron chi connectivity index (χ0n) is 13.3. The molecule has 0 aliphatic rings. The minimum Gasteiger partial charge on any atom is -0.497 e. The van der Waals surface area contributed by atoms with E-state index in [-0.39, 0.29) is 5.56 Å². The van der Waals surface area contributed by atoms with Gasteiger partial charge in [-0.2, -0.15) is 0 Å². The van der Waals surface area contributed by atoms with Gasteiger partial charge in [0.15, 0.2) is 0 Å². The number of ether oxygens (including phenoxy) is 2. The quantitative estimate of drug-likeness (QED) is 0.725. The topological polar surface area (TPSA) is 40.5 Å². The molecule has 3 aromatic rings. The van der Waals surface area contributed by atoms with Gasteiger partial charge in [-0.05, 0) is 48.7 Å². The van der Waals surface area contributed by atoms with E-state index in [0.29, 0.717) is 18.5 Å². The standard InChI is InChI=1S/C19H19NO3/c1-14-3-5-16(6-4-14)23-12-11-20-10-9-15-13-17(22-2)7-8-18(15)19(20)21/h3-10,13H,11-12H2,1-2H3. The van der Waals surface area contributed by atoms with Gasteiger partial charge in [-0.15, -0.1) is 0 Å². The molecule has 2 aromatic carbocycles. The monoisotopic (exact) mass is 309 g/mol. The van der Waals surface area contributed by atoms with Crippen LogP contribution in [-0.4, -0.2) is 18.3 Å². The van der Waals surface area contributed by atoms with Gasteiger partial charge in [0.05, 0.1) is 13.7 Å². The summed E-state index contributed by atoms with van der Waals surface area (Å²) in [5.41, 5.74) is 1.18. The van der Waals surface area contributed by atoms with Crippen molar-refractivity contribution in [3.63, 3.8) is 0 Å². The van der Waals surface area contributed by atoms with Crippen LogP contribution in [0.15, 0.2) is 59.5 Å². The van der Waals surface area contributed by atoms with Gasteiger partial charge in [0.1, 0.15) is 18.1 Å². The van der Waals surface area contributed by atoms with Crippen molar-refractivity contribution in [2.75, 3.05) is 13.7 Å². The Morgan fingerprint density at radius 2 is 1.74 bits per heavy atom. The van der Waals surface area contributed by atoms with Crippen LogP contribution in [0.2, 0.25) is 0 Å². The Morgan fingerprint density at radius 3 is 2.48 bits per heavy atom. The van der Waals surface area contributed by atoms with Gasteiger partial charge in [0.25, 0.3) is 5.56 Å². The van der Waals surface area contributed by atoms with Gasteiger partial charge < -0.3 is 14.0 Å². The molecule has 23 heavy (non-hydrogen) atoms. The molecule has 0 bridgehead atoms. The second kappa shape index (κ2) is 6.57. The van der Waals surface area contributed by atoms with Gasteiger partial charge in [-0.1, -0.05) is 17.7 Å². The van der Waals surface area contributed by atoms with Crippen molar-refractivity contribution in [1.29, 1.82) is 0 Å². The Kier molecular flexibility index (Phi) is 4.33. The normalized spacial score (nSPS) is 10.7. The fourth-order valence-electron chi connectivity index (χ4n) is 2.47. The lowest BCUT2D eigenvalue weighted by Crippen LogP contribution is -2.22. The van der Waals surface area contributed by atoms with E-state index in [2.05, 4.69) is 0 Å². The molecule has 0 aliphatic carbocycles. The maximum atomic E-state index is 12.5. The lowest BCUT2D eigenvalue weighted by Gasteiger charge is -2.10. The lowest BCUT2D eigenvalue weighted by atomic mass is 10.1. The molecule has 3 rings (SSSR count). The minimum absolute atomic E-state index is 0.0161. The van der Waals surface area contributed by atoms with Crippen molar-refractivity contribution in [2.45, 2.75) is 13.5 Å². The minimum atomic E-state index is -0.0161. The summed E-state index contributed by atoms with van der Waals surface area (Å²) in [6, 6.07) is 15.3. The number of benzene rings is 2. The lowest BCUT2D eigenvalue weighted by molar-refractivity contribution is 0.296. The molecule has 0 spiro atoms. The molecule has 0 saturated carbocycles. The molecule has 0 unspecified atom stereocenters. The Bertz CT molecular complexity index is 866. The second-order valence-electron chi connectivity index (χ2n) is 5.43. The van der Waals surface area contributed by atoms with Crippen LogP contribution in [0.25, 0.3) is 10.8 Å². The van der Waals surface area contributed by atoms with Crippen LogP contribution in [0.5, 0.6) is 11.5 Å². The van der Waals surface area contributed by atoms with E-state index in [1.807, 2.05) is 43.3 Å². The smallest absolute Gasteiger partial charge is 0.258 e. The highest BCUT2D eigenvalue weighted by Gasteiger charge is 2.04. The molecule has 0 fully saturated rings. The van der Waals surface area contributed by atoms with Crippen LogP contribution in [-0.2, 0) is 6.54 Å². The predicted molar refractivity (Wildman–Crippen MR) is 91.4 cm³/mol. The zero-order valence-corrected chi connectivity index (χ0v) is 13.3. The first kappa shape index (κ1) is 15.2. The summed E-state index contributed by atoms with van der Waals surface area (Å²) >= 11 is 0. The number of hydrogen-bond donors (Lipinski definition) is 0. The van der Waals surface area contributed by atoms with E-state index in [1.165, 1.54) is 5.56 Å². The third-order valence-corrected chi connectivity index (χ3v) is 3.81. The number of pyridine rings is 1. The van der Waals surface area contributed by atoms with Crippen molar-refractivity contribution in [1.82, 2.24) is 4.57 Å². The van der Waals surface area contributed by atoms with E-state index >= 15 is 0 Å². The van der Waals surface area contributed by atoms with E-state index in [0.717, 1.165) is 16.9 Å². The number of fused-ring (bicyclic) bond motifs is 1. The summed E-state index contributed by atoms with van der Waals surface area (Å²) in [6.45, 7) is 2.99. The molecular weight excluding hydrogens is 290 g/mol. The molecule has 0 N–H and O–H groups in total. The fourth-order valence-corrected chi connectivity index (χ4v) is 2.47. The molecule has 0 atom stereocenters. The largest absolute Gasteiger partial charge is 0.497 e. The summed E-state index contributed by atoms with van der Waals surface area (Å²) in [5, 5.41) is 1.56. The third-order valence-electron chi connectivity index (χ3n) is 3.81. The summed E-state index contributed by atoms with van der Waals surface area (Å²) in [4.78, 5) is 12.5. The van der Waals surface area contributed by atoms with Crippen LogP contribution in [0.3, 0.4) is 0 Å². The third kappa shape index (κ3) is 3.37. The van der Waals surface area contributed by atoms with Crippen molar-refractivity contribution in [3.05, 3.63) is 70.6 Å². The molecule has 1 aromatic heterocycles. The van der Waals surface area contributed by atoms with Gasteiger partial charge in [-0.3, -0.25) is 4.79 Å². The highest BCUT2D eigenvalue weighted by atomic mass is 16.5. The van der Waals surface area contributed by atoms with Crippen molar-refractivity contribution >= 4 is 10.8 Å². The van der Waals surface area contributed by atoms with Crippen LogP contribution in [0.4, 0.5) is 0 Å². The van der Waals surface area contributed by atoms with Crippen LogP contribution >= 0.6 is 0 Å². The predicted octanol–water partition coefficient (Wildman–Crippen LogP) is 3.40. The van der Waals surface area contributed by atoms with E-state index in [4.69, 9.17) is 9.47 Å². The van der Waals surface area contributed by atoms with Crippen LogP contribution in [0.1, 0.15) is 5.56 Å². The van der Waals surface area contributed by atoms with Crippen LogP contribution in [0, 0.1) is 6.92 Å².